The number of guanidine groups is 1. The van der Waals surface area contributed by atoms with Gasteiger partial charge in [0.1, 0.15) is 6.04 Å². The highest BCUT2D eigenvalue weighted by Gasteiger charge is 2.15. The molecule has 3 N–H and O–H groups in total. The molecular weight excluding hydrogens is 486 g/mol. The van der Waals surface area contributed by atoms with Crippen molar-refractivity contribution in [3.8, 4) is 0 Å². The van der Waals surface area contributed by atoms with Crippen LogP contribution in [0.5, 0.6) is 0 Å². The van der Waals surface area contributed by atoms with Crippen molar-refractivity contribution in [2.75, 3.05) is 43.9 Å². The molecule has 204 valence electrons. The summed E-state index contributed by atoms with van der Waals surface area (Å²) in [5.41, 5.74) is 5.51. The van der Waals surface area contributed by atoms with Crippen LogP contribution in [0.25, 0.3) is 0 Å². The fourth-order valence-corrected chi connectivity index (χ4v) is 4.43. The largest absolute Gasteiger partial charge is 0.333 e. The molecule has 1 fully saturated rings. The van der Waals surface area contributed by atoms with E-state index in [9.17, 15) is 4.79 Å². The number of hydrogen-bond donors (Lipinski definition) is 3. The molecule has 39 heavy (non-hydrogen) atoms. The minimum atomic E-state index is -0.131. The molecular formula is C31H39N7O. The number of carbonyl (C=O) groups excluding carboxylic acids is 1. The quantitative estimate of drug-likeness (QED) is 0.418. The summed E-state index contributed by atoms with van der Waals surface area (Å²) in [7, 11) is 2.16. The Bertz CT molecular complexity index is 1280. The molecule has 0 spiro atoms. The van der Waals surface area contributed by atoms with Gasteiger partial charge in [0.2, 0.25) is 5.96 Å². The lowest BCUT2D eigenvalue weighted by atomic mass is 10.1. The molecule has 0 bridgehead atoms. The third-order valence-corrected chi connectivity index (χ3v) is 6.76. The Labute approximate surface area is 231 Å². The summed E-state index contributed by atoms with van der Waals surface area (Å²) in [6.45, 7) is 11.3. The topological polar surface area (TPSA) is 84.9 Å². The lowest BCUT2D eigenvalue weighted by Gasteiger charge is -2.32. The summed E-state index contributed by atoms with van der Waals surface area (Å²) in [6, 6.07) is 17.5. The van der Waals surface area contributed by atoms with E-state index in [2.05, 4.69) is 49.9 Å². The lowest BCUT2D eigenvalue weighted by Crippen LogP contribution is -2.43. The highest BCUT2D eigenvalue weighted by atomic mass is 16.1. The van der Waals surface area contributed by atoms with Crippen LogP contribution in [0.1, 0.15) is 46.9 Å². The summed E-state index contributed by atoms with van der Waals surface area (Å²) in [4.78, 5) is 26.7. The number of aryl methyl sites for hydroxylation is 1. The van der Waals surface area contributed by atoms with Crippen molar-refractivity contribution < 1.29 is 4.79 Å². The molecule has 0 aliphatic carbocycles. The van der Waals surface area contributed by atoms with Gasteiger partial charge in [-0.3, -0.25) is 14.7 Å². The van der Waals surface area contributed by atoms with Crippen molar-refractivity contribution >= 4 is 23.2 Å². The van der Waals surface area contributed by atoms with E-state index in [-0.39, 0.29) is 11.9 Å². The third kappa shape index (κ3) is 7.75. The van der Waals surface area contributed by atoms with E-state index >= 15 is 0 Å². The first kappa shape index (κ1) is 28.0. The molecule has 3 aromatic rings. The van der Waals surface area contributed by atoms with E-state index in [0.29, 0.717) is 11.5 Å². The van der Waals surface area contributed by atoms with Crippen molar-refractivity contribution in [2.45, 2.75) is 33.4 Å². The minimum Gasteiger partial charge on any atom is -0.333 e. The van der Waals surface area contributed by atoms with Gasteiger partial charge in [0.15, 0.2) is 0 Å². The van der Waals surface area contributed by atoms with Gasteiger partial charge >= 0.3 is 0 Å². The summed E-state index contributed by atoms with van der Waals surface area (Å²) in [6.07, 6.45) is 7.44. The number of piperazine rings is 1. The van der Waals surface area contributed by atoms with Crippen molar-refractivity contribution in [3.05, 3.63) is 102 Å². The first-order valence-electron chi connectivity index (χ1n) is 13.6. The number of amides is 1. The number of pyridine rings is 1. The van der Waals surface area contributed by atoms with Crippen LogP contribution in [0.2, 0.25) is 0 Å². The molecule has 1 aromatic heterocycles. The Hall–Kier alpha value is -4.01. The van der Waals surface area contributed by atoms with Crippen LogP contribution in [0.4, 0.5) is 11.4 Å². The Kier molecular flexibility index (Phi) is 9.83. The van der Waals surface area contributed by atoms with Crippen LogP contribution in [0.15, 0.2) is 84.3 Å². The fraction of sp³-hybridized carbons (Fsp3) is 0.323. The molecule has 2 aromatic carbocycles. The van der Waals surface area contributed by atoms with Gasteiger partial charge in [-0.2, -0.15) is 0 Å². The van der Waals surface area contributed by atoms with Crippen LogP contribution in [-0.2, 0) is 6.54 Å². The summed E-state index contributed by atoms with van der Waals surface area (Å²) >= 11 is 0. The van der Waals surface area contributed by atoms with Gasteiger partial charge in [0, 0.05) is 68.3 Å². The molecule has 0 radical (unpaired) electrons. The average molecular weight is 526 g/mol. The highest BCUT2D eigenvalue weighted by Crippen LogP contribution is 2.24. The molecule has 2 aliphatic heterocycles. The smallest absolute Gasteiger partial charge is 0.255 e. The van der Waals surface area contributed by atoms with Gasteiger partial charge in [-0.25, -0.2) is 4.99 Å². The maximum absolute atomic E-state index is 12.9. The molecule has 1 saturated heterocycles. The van der Waals surface area contributed by atoms with E-state index in [4.69, 9.17) is 4.99 Å². The van der Waals surface area contributed by atoms with Crippen molar-refractivity contribution in [1.29, 1.82) is 0 Å². The van der Waals surface area contributed by atoms with Gasteiger partial charge < -0.3 is 20.9 Å². The van der Waals surface area contributed by atoms with Crippen LogP contribution >= 0.6 is 0 Å². The van der Waals surface area contributed by atoms with E-state index in [0.717, 1.165) is 55.2 Å². The lowest BCUT2D eigenvalue weighted by molar-refractivity contribution is 0.102. The summed E-state index contributed by atoms with van der Waals surface area (Å²) in [5, 5.41) is 9.55. The Morgan fingerprint density at radius 2 is 1.82 bits per heavy atom. The van der Waals surface area contributed by atoms with Crippen molar-refractivity contribution in [2.24, 2.45) is 4.99 Å². The highest BCUT2D eigenvalue weighted by molar-refractivity contribution is 6.05. The predicted octanol–water partition coefficient (Wildman–Crippen LogP) is 5.04. The molecule has 1 atom stereocenters. The van der Waals surface area contributed by atoms with Crippen LogP contribution < -0.4 is 16.0 Å². The summed E-state index contributed by atoms with van der Waals surface area (Å²) in [5.74, 6) is 0.507. The SMILES string of the molecule is CC.Cc1ccc(NC(=O)c2ccc(CN3CCN(C)CC3)cc2)cc1NC1=NC(c2cccnc2)C=CN1. The van der Waals surface area contributed by atoms with Gasteiger partial charge in [-0.15, -0.1) is 0 Å². The van der Waals surface area contributed by atoms with Crippen LogP contribution in [0, 0.1) is 6.92 Å². The van der Waals surface area contributed by atoms with Crippen LogP contribution in [-0.4, -0.2) is 59.9 Å². The number of nitrogens with zero attached hydrogens (tertiary/aromatic N) is 4. The molecule has 8 heteroatoms. The second-order valence-electron chi connectivity index (χ2n) is 9.60. The van der Waals surface area contributed by atoms with E-state index in [1.807, 2.05) is 81.7 Å². The zero-order valence-electron chi connectivity index (χ0n) is 23.3. The minimum absolute atomic E-state index is 0.111. The Morgan fingerprint density at radius 3 is 2.54 bits per heavy atom. The monoisotopic (exact) mass is 525 g/mol. The number of aromatic nitrogens is 1. The third-order valence-electron chi connectivity index (χ3n) is 6.76. The van der Waals surface area contributed by atoms with Gasteiger partial charge in [0.25, 0.3) is 5.91 Å². The molecule has 0 saturated carbocycles. The van der Waals surface area contributed by atoms with E-state index < -0.39 is 0 Å². The number of hydrogen-bond acceptors (Lipinski definition) is 7. The first-order valence-corrected chi connectivity index (χ1v) is 13.6. The zero-order valence-corrected chi connectivity index (χ0v) is 23.3. The molecule has 3 heterocycles. The maximum Gasteiger partial charge on any atom is 0.255 e. The Morgan fingerprint density at radius 1 is 1.05 bits per heavy atom. The first-order chi connectivity index (χ1) is 19.0. The number of rotatable bonds is 6. The average Bonchev–Trinajstić information content (AvgIpc) is 2.98. The summed E-state index contributed by atoms with van der Waals surface area (Å²) < 4.78 is 0. The van der Waals surface area contributed by atoms with Gasteiger partial charge in [0.05, 0.1) is 0 Å². The zero-order chi connectivity index (χ0) is 27.6. The maximum atomic E-state index is 12.9. The van der Waals surface area contributed by atoms with Gasteiger partial charge in [-0.1, -0.05) is 38.1 Å². The second-order valence-corrected chi connectivity index (χ2v) is 9.60. The normalized spacial score (nSPS) is 17.3. The number of aliphatic imine (C=N–C) groups is 1. The number of carbonyl (C=O) groups is 1. The van der Waals surface area contributed by atoms with Crippen molar-refractivity contribution in [3.63, 3.8) is 0 Å². The number of nitrogens with one attached hydrogen (secondary N) is 3. The standard InChI is InChI=1S/C29H33N7O.C2H6/c1-21-5-10-25(18-27(21)34-29-31-13-11-26(33-29)24-4-3-12-30-19-24)32-28(37)23-8-6-22(7-9-23)20-36-16-14-35(2)15-17-36;1-2/h3-13,18-19,26H,14-17,20H2,1-2H3,(H,32,37)(H2,31,33,34);1-2H3. The molecule has 1 amide bonds. The molecule has 1 unspecified atom stereocenters. The molecule has 8 nitrogen and oxygen atoms in total. The molecule has 5 rings (SSSR count). The van der Waals surface area contributed by atoms with Crippen LogP contribution in [0.3, 0.4) is 0 Å². The Balaban J connectivity index is 0.00000172. The van der Waals surface area contributed by atoms with E-state index in [1.165, 1.54) is 5.56 Å². The number of anilines is 2. The van der Waals surface area contributed by atoms with Gasteiger partial charge in [-0.05, 0) is 67.1 Å². The number of benzene rings is 2. The predicted molar refractivity (Wildman–Crippen MR) is 160 cm³/mol. The number of likely N-dealkylation sites (N-methyl/N-ethyl adjacent to an activating group) is 1. The fourth-order valence-electron chi connectivity index (χ4n) is 4.43. The molecule has 2 aliphatic rings. The van der Waals surface area contributed by atoms with E-state index in [1.54, 1.807) is 6.20 Å². The van der Waals surface area contributed by atoms with Crippen molar-refractivity contribution in [1.82, 2.24) is 20.1 Å². The second kappa shape index (κ2) is 13.7.